The van der Waals surface area contributed by atoms with Gasteiger partial charge in [-0.3, -0.25) is 14.5 Å². The molecule has 0 bridgehead atoms. The van der Waals surface area contributed by atoms with Gasteiger partial charge in [0.25, 0.3) is 0 Å². The van der Waals surface area contributed by atoms with E-state index in [1.165, 1.54) is 0 Å². The van der Waals surface area contributed by atoms with E-state index >= 15 is 0 Å². The first-order valence-corrected chi connectivity index (χ1v) is 9.66. The van der Waals surface area contributed by atoms with Crippen molar-refractivity contribution in [2.24, 2.45) is 11.8 Å². The lowest BCUT2D eigenvalue weighted by Crippen LogP contribution is -2.48. The van der Waals surface area contributed by atoms with E-state index in [1.807, 2.05) is 32.9 Å². The maximum atomic E-state index is 12.3. The first-order valence-electron chi connectivity index (χ1n) is 9.66. The molecule has 1 saturated heterocycles. The summed E-state index contributed by atoms with van der Waals surface area (Å²) in [4.78, 5) is 26.5. The molecule has 2 N–H and O–H groups in total. The third-order valence-corrected chi connectivity index (χ3v) is 5.19. The standard InChI is InChI=1S/C20H31N3O3/c1-20(2,3)22-18(24)13-23-8-6-14(7-9-23)12-21-19(25)16-11-15(16)17-5-4-10-26-17/h4-5,10,14-16H,6-9,11-13H2,1-3H3,(H,21,25)(H,22,24)/t15-,16+/m1/s1. The predicted molar refractivity (Wildman–Crippen MR) is 99.6 cm³/mol. The normalized spacial score (nSPS) is 24.3. The number of rotatable bonds is 6. The molecule has 0 unspecified atom stereocenters. The summed E-state index contributed by atoms with van der Waals surface area (Å²) in [7, 11) is 0. The van der Waals surface area contributed by atoms with E-state index in [2.05, 4.69) is 15.5 Å². The molecule has 2 aliphatic rings. The second kappa shape index (κ2) is 7.82. The number of nitrogens with one attached hydrogen (secondary N) is 2. The number of furan rings is 1. The van der Waals surface area contributed by atoms with E-state index in [-0.39, 0.29) is 29.2 Å². The lowest BCUT2D eigenvalue weighted by atomic mass is 9.96. The van der Waals surface area contributed by atoms with Gasteiger partial charge in [-0.2, -0.15) is 0 Å². The second-order valence-electron chi connectivity index (χ2n) is 8.73. The van der Waals surface area contributed by atoms with Gasteiger partial charge in [-0.1, -0.05) is 0 Å². The molecular weight excluding hydrogens is 330 g/mol. The van der Waals surface area contributed by atoms with Crippen molar-refractivity contribution in [1.29, 1.82) is 0 Å². The highest BCUT2D eigenvalue weighted by Gasteiger charge is 2.45. The van der Waals surface area contributed by atoms with Crippen LogP contribution < -0.4 is 10.6 Å². The Morgan fingerprint density at radius 1 is 1.27 bits per heavy atom. The van der Waals surface area contributed by atoms with Gasteiger partial charge in [0.15, 0.2) is 0 Å². The summed E-state index contributed by atoms with van der Waals surface area (Å²) >= 11 is 0. The van der Waals surface area contributed by atoms with Crippen molar-refractivity contribution in [3.63, 3.8) is 0 Å². The summed E-state index contributed by atoms with van der Waals surface area (Å²) < 4.78 is 5.39. The van der Waals surface area contributed by atoms with Crippen LogP contribution in [0.3, 0.4) is 0 Å². The number of hydrogen-bond donors (Lipinski definition) is 2. The maximum Gasteiger partial charge on any atom is 0.234 e. The molecule has 1 aromatic rings. The smallest absolute Gasteiger partial charge is 0.234 e. The van der Waals surface area contributed by atoms with Crippen molar-refractivity contribution >= 4 is 11.8 Å². The number of carbonyl (C=O) groups is 2. The fraction of sp³-hybridized carbons (Fsp3) is 0.700. The van der Waals surface area contributed by atoms with E-state index in [1.54, 1.807) is 6.26 Å². The van der Waals surface area contributed by atoms with Gasteiger partial charge in [0.05, 0.1) is 12.8 Å². The van der Waals surface area contributed by atoms with Gasteiger partial charge in [0.2, 0.25) is 11.8 Å². The molecule has 0 radical (unpaired) electrons. The molecule has 6 nitrogen and oxygen atoms in total. The Kier molecular flexibility index (Phi) is 5.70. The molecule has 2 atom stereocenters. The van der Waals surface area contributed by atoms with Gasteiger partial charge in [0.1, 0.15) is 5.76 Å². The van der Waals surface area contributed by atoms with Crippen LogP contribution in [0.1, 0.15) is 51.7 Å². The van der Waals surface area contributed by atoms with Crippen molar-refractivity contribution < 1.29 is 14.0 Å². The number of nitrogens with zero attached hydrogens (tertiary/aromatic N) is 1. The molecule has 2 heterocycles. The average molecular weight is 361 g/mol. The summed E-state index contributed by atoms with van der Waals surface area (Å²) in [6, 6.07) is 3.82. The second-order valence-corrected chi connectivity index (χ2v) is 8.73. The Balaban J connectivity index is 1.32. The molecule has 3 rings (SSSR count). The lowest BCUT2D eigenvalue weighted by molar-refractivity contribution is -0.124. The van der Waals surface area contributed by atoms with Crippen LogP contribution in [-0.2, 0) is 9.59 Å². The molecule has 0 spiro atoms. The molecule has 26 heavy (non-hydrogen) atoms. The third kappa shape index (κ3) is 5.34. The topological polar surface area (TPSA) is 74.6 Å². The van der Waals surface area contributed by atoms with Crippen LogP contribution >= 0.6 is 0 Å². The number of amides is 2. The molecule has 1 saturated carbocycles. The monoisotopic (exact) mass is 361 g/mol. The quantitative estimate of drug-likeness (QED) is 0.814. The van der Waals surface area contributed by atoms with Crippen molar-refractivity contribution in [1.82, 2.24) is 15.5 Å². The van der Waals surface area contributed by atoms with Crippen molar-refractivity contribution in [2.75, 3.05) is 26.2 Å². The number of likely N-dealkylation sites (tertiary alicyclic amines) is 1. The Morgan fingerprint density at radius 3 is 2.62 bits per heavy atom. The van der Waals surface area contributed by atoms with Crippen LogP contribution in [0.5, 0.6) is 0 Å². The van der Waals surface area contributed by atoms with Crippen LogP contribution in [0.15, 0.2) is 22.8 Å². The van der Waals surface area contributed by atoms with Crippen LogP contribution in [0.2, 0.25) is 0 Å². The van der Waals surface area contributed by atoms with Crippen LogP contribution in [0.4, 0.5) is 0 Å². The van der Waals surface area contributed by atoms with Gasteiger partial charge in [-0.05, 0) is 71.2 Å². The van der Waals surface area contributed by atoms with Crippen LogP contribution in [0.25, 0.3) is 0 Å². The first kappa shape index (κ1) is 19.0. The van der Waals surface area contributed by atoms with Gasteiger partial charge in [-0.15, -0.1) is 0 Å². The SMILES string of the molecule is CC(C)(C)NC(=O)CN1CCC(CNC(=O)[C@H]2C[C@H]2c2ccco2)CC1. The van der Waals surface area contributed by atoms with Crippen molar-refractivity contribution in [3.8, 4) is 0 Å². The fourth-order valence-electron chi connectivity index (χ4n) is 3.69. The van der Waals surface area contributed by atoms with Crippen molar-refractivity contribution in [3.05, 3.63) is 24.2 Å². The van der Waals surface area contributed by atoms with Gasteiger partial charge < -0.3 is 15.1 Å². The molecule has 1 aromatic heterocycles. The molecule has 0 aromatic carbocycles. The molecular formula is C20H31N3O3. The predicted octanol–water partition coefficient (Wildman–Crippen LogP) is 2.13. The Bertz CT molecular complexity index is 613. The maximum absolute atomic E-state index is 12.3. The summed E-state index contributed by atoms with van der Waals surface area (Å²) in [5, 5.41) is 6.12. The minimum Gasteiger partial charge on any atom is -0.469 e. The van der Waals surface area contributed by atoms with Gasteiger partial charge >= 0.3 is 0 Å². The minimum atomic E-state index is -0.185. The van der Waals surface area contributed by atoms with E-state index in [0.29, 0.717) is 12.5 Å². The zero-order valence-electron chi connectivity index (χ0n) is 16.1. The summed E-state index contributed by atoms with van der Waals surface area (Å²) in [5.74, 6) is 1.99. The summed E-state index contributed by atoms with van der Waals surface area (Å²) in [5.41, 5.74) is -0.185. The zero-order valence-corrected chi connectivity index (χ0v) is 16.1. The highest BCUT2D eigenvalue weighted by atomic mass is 16.3. The number of carbonyl (C=O) groups excluding carboxylic acids is 2. The highest BCUT2D eigenvalue weighted by molar-refractivity contribution is 5.82. The van der Waals surface area contributed by atoms with Crippen molar-refractivity contribution in [2.45, 2.75) is 51.5 Å². The molecule has 2 amide bonds. The number of piperidine rings is 1. The molecule has 6 heteroatoms. The molecule has 1 aliphatic heterocycles. The summed E-state index contributed by atoms with van der Waals surface area (Å²) in [6.07, 6.45) is 4.60. The summed E-state index contributed by atoms with van der Waals surface area (Å²) in [6.45, 7) is 9.01. The number of hydrogen-bond acceptors (Lipinski definition) is 4. The molecule has 1 aliphatic carbocycles. The van der Waals surface area contributed by atoms with Crippen LogP contribution in [-0.4, -0.2) is 48.4 Å². The first-order chi connectivity index (χ1) is 12.3. The van der Waals surface area contributed by atoms with E-state index in [9.17, 15) is 9.59 Å². The zero-order chi connectivity index (χ0) is 18.7. The van der Waals surface area contributed by atoms with Gasteiger partial charge in [0, 0.05) is 23.9 Å². The van der Waals surface area contributed by atoms with E-state index < -0.39 is 0 Å². The minimum absolute atomic E-state index is 0.0716. The largest absolute Gasteiger partial charge is 0.469 e. The molecule has 2 fully saturated rings. The molecule has 144 valence electrons. The fourth-order valence-corrected chi connectivity index (χ4v) is 3.69. The third-order valence-electron chi connectivity index (χ3n) is 5.19. The average Bonchev–Trinajstić information content (AvgIpc) is 3.17. The Morgan fingerprint density at radius 2 is 2.00 bits per heavy atom. The van der Waals surface area contributed by atoms with Gasteiger partial charge in [-0.25, -0.2) is 0 Å². The Hall–Kier alpha value is -1.82. The highest BCUT2D eigenvalue weighted by Crippen LogP contribution is 2.47. The Labute approximate surface area is 155 Å². The van der Waals surface area contributed by atoms with Crippen LogP contribution in [0, 0.1) is 11.8 Å². The lowest BCUT2D eigenvalue weighted by Gasteiger charge is -2.32. The van der Waals surface area contributed by atoms with E-state index in [0.717, 1.165) is 44.7 Å². The van der Waals surface area contributed by atoms with E-state index in [4.69, 9.17) is 4.42 Å².